The Balaban J connectivity index is 2.14. The molecule has 0 radical (unpaired) electrons. The zero-order chi connectivity index (χ0) is 16.1. The van der Waals surface area contributed by atoms with Gasteiger partial charge in [-0.15, -0.1) is 5.10 Å². The highest BCUT2D eigenvalue weighted by molar-refractivity contribution is 5.57. The van der Waals surface area contributed by atoms with E-state index in [0.717, 1.165) is 17.5 Å². The fraction of sp³-hybridized carbons (Fsp3) is 0.467. The Bertz CT molecular complexity index is 776. The fourth-order valence-electron chi connectivity index (χ4n) is 2.58. The van der Waals surface area contributed by atoms with Gasteiger partial charge in [-0.1, -0.05) is 6.07 Å². The van der Waals surface area contributed by atoms with E-state index in [4.69, 9.17) is 14.0 Å². The number of hydroxylamine groups is 1. The predicted molar refractivity (Wildman–Crippen MR) is 80.7 cm³/mol. The third-order valence-corrected chi connectivity index (χ3v) is 3.76. The Hall–Kier alpha value is -2.28. The summed E-state index contributed by atoms with van der Waals surface area (Å²) >= 11 is 0. The molecule has 7 nitrogen and oxygen atoms in total. The summed E-state index contributed by atoms with van der Waals surface area (Å²) in [4.78, 5) is 17.1. The zero-order valence-corrected chi connectivity index (χ0v) is 13.3. The van der Waals surface area contributed by atoms with Gasteiger partial charge in [0.15, 0.2) is 0 Å². The number of hydrogen-bond donors (Lipinski definition) is 0. The number of anilines is 1. The minimum atomic E-state index is -0.585. The first-order chi connectivity index (χ1) is 10.3. The second-order valence-electron chi connectivity index (χ2n) is 5.99. The molecule has 0 saturated carbocycles. The van der Waals surface area contributed by atoms with Crippen LogP contribution in [0.2, 0.25) is 0 Å². The largest absolute Gasteiger partial charge is 0.485 e. The minimum Gasteiger partial charge on any atom is -0.485 e. The Morgan fingerprint density at radius 3 is 2.82 bits per heavy atom. The van der Waals surface area contributed by atoms with Crippen LogP contribution in [-0.4, -0.2) is 29.5 Å². The van der Waals surface area contributed by atoms with Crippen LogP contribution in [0, 0.1) is 6.92 Å². The molecule has 0 unspecified atom stereocenters. The van der Waals surface area contributed by atoms with Crippen LogP contribution in [0.5, 0.6) is 5.75 Å². The van der Waals surface area contributed by atoms with E-state index in [1.165, 1.54) is 16.9 Å². The predicted octanol–water partition coefficient (Wildman–Crippen LogP) is 1.85. The van der Waals surface area contributed by atoms with Gasteiger partial charge in [0.25, 0.3) is 0 Å². The summed E-state index contributed by atoms with van der Waals surface area (Å²) in [6.45, 7) is 6.07. The topological polar surface area (TPSA) is 69.7 Å². The van der Waals surface area contributed by atoms with Gasteiger partial charge in [-0.2, -0.15) is 4.68 Å². The lowest BCUT2D eigenvalue weighted by Crippen LogP contribution is -2.25. The Morgan fingerprint density at radius 2 is 2.14 bits per heavy atom. The molecule has 1 aliphatic heterocycles. The lowest BCUT2D eigenvalue weighted by Gasteiger charge is -2.17. The normalized spacial score (nSPS) is 15.5. The van der Waals surface area contributed by atoms with Gasteiger partial charge in [-0.3, -0.25) is 4.84 Å². The van der Waals surface area contributed by atoms with Crippen LogP contribution in [0.3, 0.4) is 0 Å². The molecule has 0 N–H and O–H groups in total. The van der Waals surface area contributed by atoms with Crippen molar-refractivity contribution in [3.05, 3.63) is 33.8 Å². The second-order valence-corrected chi connectivity index (χ2v) is 5.99. The highest BCUT2D eigenvalue weighted by Gasteiger charge is 2.34. The highest BCUT2D eigenvalue weighted by atomic mass is 16.7. The van der Waals surface area contributed by atoms with Crippen molar-refractivity contribution >= 4 is 6.01 Å². The SMILES string of the molecule is CON(C)c1nn(-c2ccc(C)c3c2OC(C)(C)C3)c(=O)o1. The maximum absolute atomic E-state index is 12.1. The average molecular weight is 305 g/mol. The van der Waals surface area contributed by atoms with Gasteiger partial charge < -0.3 is 9.15 Å². The van der Waals surface area contributed by atoms with E-state index in [1.54, 1.807) is 7.05 Å². The van der Waals surface area contributed by atoms with Crippen molar-refractivity contribution in [1.82, 2.24) is 9.78 Å². The molecular weight excluding hydrogens is 286 g/mol. The minimum absolute atomic E-state index is 0.0825. The molecule has 0 atom stereocenters. The van der Waals surface area contributed by atoms with Crippen molar-refractivity contribution < 1.29 is 14.0 Å². The van der Waals surface area contributed by atoms with E-state index in [0.29, 0.717) is 11.4 Å². The molecule has 0 spiro atoms. The molecule has 2 heterocycles. The summed E-state index contributed by atoms with van der Waals surface area (Å²) in [7, 11) is 3.07. The number of aromatic nitrogens is 2. The molecule has 1 aromatic heterocycles. The summed E-state index contributed by atoms with van der Waals surface area (Å²) in [5.74, 6) is 0.102. The van der Waals surface area contributed by atoms with Crippen molar-refractivity contribution in [3.8, 4) is 11.4 Å². The fourth-order valence-corrected chi connectivity index (χ4v) is 2.58. The standard InChI is InChI=1S/C15H19N3O4/c1-9-6-7-11(12-10(9)8-15(2,3)22-12)18-14(19)21-13(16-18)17(4)20-5/h6-7H,8H2,1-5H3. The van der Waals surface area contributed by atoms with E-state index in [-0.39, 0.29) is 11.6 Å². The molecular formula is C15H19N3O4. The summed E-state index contributed by atoms with van der Waals surface area (Å²) in [6.07, 6.45) is 0.791. The van der Waals surface area contributed by atoms with Crippen molar-refractivity contribution in [3.63, 3.8) is 0 Å². The number of ether oxygens (including phenoxy) is 1. The molecule has 1 aliphatic rings. The van der Waals surface area contributed by atoms with Crippen molar-refractivity contribution in [2.24, 2.45) is 0 Å². The average Bonchev–Trinajstić information content (AvgIpc) is 2.99. The maximum atomic E-state index is 12.1. The van der Waals surface area contributed by atoms with Gasteiger partial charge in [0.1, 0.15) is 17.0 Å². The molecule has 7 heteroatoms. The second kappa shape index (κ2) is 4.88. The van der Waals surface area contributed by atoms with Gasteiger partial charge >= 0.3 is 11.8 Å². The van der Waals surface area contributed by atoms with E-state index in [2.05, 4.69) is 5.10 Å². The first-order valence-corrected chi connectivity index (χ1v) is 7.02. The van der Waals surface area contributed by atoms with E-state index >= 15 is 0 Å². The summed E-state index contributed by atoms with van der Waals surface area (Å²) < 4.78 is 12.3. The van der Waals surface area contributed by atoms with Gasteiger partial charge in [0.2, 0.25) is 0 Å². The first kappa shape index (κ1) is 14.6. The number of benzene rings is 1. The van der Waals surface area contributed by atoms with E-state index in [9.17, 15) is 4.79 Å². The van der Waals surface area contributed by atoms with Crippen LogP contribution in [0.15, 0.2) is 21.3 Å². The first-order valence-electron chi connectivity index (χ1n) is 7.02. The number of rotatable bonds is 3. The Labute approximate surface area is 128 Å². The summed E-state index contributed by atoms with van der Waals surface area (Å²) in [5, 5.41) is 5.44. The van der Waals surface area contributed by atoms with Crippen LogP contribution in [0.25, 0.3) is 5.69 Å². The van der Waals surface area contributed by atoms with Crippen LogP contribution in [-0.2, 0) is 11.3 Å². The van der Waals surface area contributed by atoms with Crippen LogP contribution in [0.4, 0.5) is 6.01 Å². The molecule has 0 amide bonds. The molecule has 2 aromatic rings. The molecule has 22 heavy (non-hydrogen) atoms. The number of nitrogens with zero attached hydrogens (tertiary/aromatic N) is 3. The molecule has 1 aromatic carbocycles. The van der Waals surface area contributed by atoms with Gasteiger partial charge in [0, 0.05) is 19.0 Å². The Kier molecular flexibility index (Phi) is 3.25. The lowest BCUT2D eigenvalue weighted by atomic mass is 9.98. The maximum Gasteiger partial charge on any atom is 0.443 e. The molecule has 0 bridgehead atoms. The summed E-state index contributed by atoms with van der Waals surface area (Å²) in [5.41, 5.74) is 2.51. The van der Waals surface area contributed by atoms with Crippen LogP contribution in [0.1, 0.15) is 25.0 Å². The molecule has 3 rings (SSSR count). The Morgan fingerprint density at radius 1 is 1.41 bits per heavy atom. The van der Waals surface area contributed by atoms with Crippen molar-refractivity contribution in [2.45, 2.75) is 32.8 Å². The zero-order valence-electron chi connectivity index (χ0n) is 13.3. The van der Waals surface area contributed by atoms with Crippen LogP contribution >= 0.6 is 0 Å². The monoisotopic (exact) mass is 305 g/mol. The lowest BCUT2D eigenvalue weighted by molar-refractivity contribution is 0.138. The van der Waals surface area contributed by atoms with Gasteiger partial charge in [-0.25, -0.2) is 9.86 Å². The van der Waals surface area contributed by atoms with E-state index < -0.39 is 5.76 Å². The third-order valence-electron chi connectivity index (χ3n) is 3.76. The van der Waals surface area contributed by atoms with Gasteiger partial charge in [-0.05, 0) is 32.4 Å². The summed E-state index contributed by atoms with van der Waals surface area (Å²) in [6, 6.07) is 3.86. The molecule has 0 fully saturated rings. The number of hydrogen-bond acceptors (Lipinski definition) is 6. The highest BCUT2D eigenvalue weighted by Crippen LogP contribution is 2.40. The molecule has 118 valence electrons. The number of fused-ring (bicyclic) bond motifs is 1. The number of aryl methyl sites for hydroxylation is 1. The van der Waals surface area contributed by atoms with E-state index in [1.807, 2.05) is 32.9 Å². The molecule has 0 saturated heterocycles. The smallest absolute Gasteiger partial charge is 0.443 e. The van der Waals surface area contributed by atoms with Gasteiger partial charge in [0.05, 0.1) is 7.11 Å². The third kappa shape index (κ3) is 2.27. The van der Waals surface area contributed by atoms with Crippen LogP contribution < -0.4 is 15.6 Å². The van der Waals surface area contributed by atoms with Crippen molar-refractivity contribution in [1.29, 1.82) is 0 Å². The quantitative estimate of drug-likeness (QED) is 0.806. The van der Waals surface area contributed by atoms with Crippen molar-refractivity contribution in [2.75, 3.05) is 19.2 Å². The molecule has 0 aliphatic carbocycles.